The van der Waals surface area contributed by atoms with Gasteiger partial charge in [0.05, 0.1) is 0 Å². The summed E-state index contributed by atoms with van der Waals surface area (Å²) in [5, 5.41) is 0. The van der Waals surface area contributed by atoms with Crippen LogP contribution >= 0.6 is 11.3 Å². The molecule has 0 bridgehead atoms. The van der Waals surface area contributed by atoms with Crippen LogP contribution in [0, 0.1) is 6.92 Å². The summed E-state index contributed by atoms with van der Waals surface area (Å²) in [5.41, 5.74) is 5.74. The van der Waals surface area contributed by atoms with Gasteiger partial charge in [-0.25, -0.2) is 0 Å². The maximum atomic E-state index is 5.82. The lowest BCUT2D eigenvalue weighted by Gasteiger charge is -2.14. The van der Waals surface area contributed by atoms with E-state index in [0.717, 1.165) is 13.0 Å². The molecule has 0 aromatic carbocycles. The fourth-order valence-corrected chi connectivity index (χ4v) is 2.59. The summed E-state index contributed by atoms with van der Waals surface area (Å²) in [4.78, 5) is 2.58. The maximum Gasteiger partial charge on any atom is 0.104 e. The first-order valence-electron chi connectivity index (χ1n) is 6.16. The number of nitrogens with two attached hydrogens (primary N) is 1. The molecule has 0 amide bonds. The Hall–Kier alpha value is -0.380. The molecule has 0 spiro atoms. The normalized spacial score (nSPS) is 12.9. The highest BCUT2D eigenvalue weighted by molar-refractivity contribution is 7.12. The molecule has 1 aromatic heterocycles. The topological polar surface area (TPSA) is 35.2 Å². The van der Waals surface area contributed by atoms with Crippen molar-refractivity contribution in [2.24, 2.45) is 5.73 Å². The Morgan fingerprint density at radius 3 is 2.69 bits per heavy atom. The minimum absolute atomic E-state index is 0.0975. The fraction of sp³-hybridized carbons (Fsp3) is 0.692. The van der Waals surface area contributed by atoms with Gasteiger partial charge >= 0.3 is 0 Å². The summed E-state index contributed by atoms with van der Waals surface area (Å²) in [6.07, 6.45) is 5.07. The standard InChI is InChI=1S/C13H23NOS/c1-3-4-5-6-9-15-12(10-14)13-8-7-11(2)16-13/h7-8,12H,3-6,9-10,14H2,1-2H3. The zero-order valence-corrected chi connectivity index (χ0v) is 11.2. The van der Waals surface area contributed by atoms with Gasteiger partial charge in [-0.05, 0) is 25.5 Å². The second-order valence-corrected chi connectivity index (χ2v) is 5.42. The van der Waals surface area contributed by atoms with Crippen LogP contribution in [0.4, 0.5) is 0 Å². The average molecular weight is 241 g/mol. The number of rotatable bonds is 8. The molecule has 0 aliphatic carbocycles. The molecule has 92 valence electrons. The number of hydrogen-bond acceptors (Lipinski definition) is 3. The van der Waals surface area contributed by atoms with E-state index in [4.69, 9.17) is 10.5 Å². The Morgan fingerprint density at radius 2 is 2.12 bits per heavy atom. The van der Waals surface area contributed by atoms with Gasteiger partial charge in [0, 0.05) is 22.9 Å². The van der Waals surface area contributed by atoms with Crippen LogP contribution < -0.4 is 5.73 Å². The van der Waals surface area contributed by atoms with E-state index < -0.39 is 0 Å². The zero-order chi connectivity index (χ0) is 11.8. The van der Waals surface area contributed by atoms with Gasteiger partial charge in [0.15, 0.2) is 0 Å². The van der Waals surface area contributed by atoms with Crippen molar-refractivity contribution < 1.29 is 4.74 Å². The Morgan fingerprint density at radius 1 is 1.31 bits per heavy atom. The van der Waals surface area contributed by atoms with Crippen molar-refractivity contribution in [3.63, 3.8) is 0 Å². The molecule has 0 saturated carbocycles. The predicted octanol–water partition coefficient (Wildman–Crippen LogP) is 3.65. The molecule has 0 fully saturated rings. The van der Waals surface area contributed by atoms with E-state index in [1.54, 1.807) is 11.3 Å². The lowest BCUT2D eigenvalue weighted by Crippen LogP contribution is -2.15. The van der Waals surface area contributed by atoms with E-state index in [2.05, 4.69) is 26.0 Å². The van der Waals surface area contributed by atoms with Gasteiger partial charge in [0.2, 0.25) is 0 Å². The van der Waals surface area contributed by atoms with Crippen molar-refractivity contribution in [3.05, 3.63) is 21.9 Å². The van der Waals surface area contributed by atoms with E-state index >= 15 is 0 Å². The first-order valence-corrected chi connectivity index (χ1v) is 6.97. The Balaban J connectivity index is 2.27. The molecule has 2 nitrogen and oxygen atoms in total. The summed E-state index contributed by atoms with van der Waals surface area (Å²) < 4.78 is 5.82. The van der Waals surface area contributed by atoms with Crippen molar-refractivity contribution in [3.8, 4) is 0 Å². The highest BCUT2D eigenvalue weighted by Gasteiger charge is 2.11. The molecule has 1 rings (SSSR count). The SMILES string of the molecule is CCCCCCOC(CN)c1ccc(C)s1. The summed E-state index contributed by atoms with van der Waals surface area (Å²) in [6.45, 7) is 5.74. The number of ether oxygens (including phenoxy) is 1. The molecule has 16 heavy (non-hydrogen) atoms. The zero-order valence-electron chi connectivity index (χ0n) is 10.4. The first kappa shape index (κ1) is 13.7. The summed E-state index contributed by atoms with van der Waals surface area (Å²) in [7, 11) is 0. The van der Waals surface area contributed by atoms with Gasteiger partial charge in [0.25, 0.3) is 0 Å². The molecular weight excluding hydrogens is 218 g/mol. The Labute approximate surface area is 103 Å². The van der Waals surface area contributed by atoms with Crippen molar-refractivity contribution in [2.45, 2.75) is 45.6 Å². The lowest BCUT2D eigenvalue weighted by atomic mass is 10.2. The molecule has 1 aromatic rings. The van der Waals surface area contributed by atoms with Gasteiger partial charge in [-0.1, -0.05) is 26.2 Å². The molecule has 1 heterocycles. The largest absolute Gasteiger partial charge is 0.371 e. The number of hydrogen-bond donors (Lipinski definition) is 1. The monoisotopic (exact) mass is 241 g/mol. The number of unbranched alkanes of at least 4 members (excludes halogenated alkanes) is 3. The average Bonchev–Trinajstić information content (AvgIpc) is 2.70. The molecule has 2 N–H and O–H groups in total. The van der Waals surface area contributed by atoms with E-state index in [-0.39, 0.29) is 6.10 Å². The van der Waals surface area contributed by atoms with E-state index in [9.17, 15) is 0 Å². The molecule has 0 aliphatic heterocycles. The molecule has 0 saturated heterocycles. The van der Waals surface area contributed by atoms with Crippen LogP contribution in [0.3, 0.4) is 0 Å². The third-order valence-electron chi connectivity index (χ3n) is 2.61. The van der Waals surface area contributed by atoms with E-state index in [1.807, 2.05) is 0 Å². The van der Waals surface area contributed by atoms with Crippen LogP contribution in [-0.2, 0) is 4.74 Å². The molecule has 0 radical (unpaired) electrons. The highest BCUT2D eigenvalue weighted by Crippen LogP contribution is 2.24. The van der Waals surface area contributed by atoms with E-state index in [1.165, 1.54) is 29.0 Å². The highest BCUT2D eigenvalue weighted by atomic mass is 32.1. The van der Waals surface area contributed by atoms with Crippen LogP contribution in [0.1, 0.15) is 48.5 Å². The number of aryl methyl sites for hydroxylation is 1. The second-order valence-electron chi connectivity index (χ2n) is 4.10. The van der Waals surface area contributed by atoms with Gasteiger partial charge in [0.1, 0.15) is 6.10 Å². The Bertz CT molecular complexity index is 285. The molecule has 0 aliphatic rings. The summed E-state index contributed by atoms with van der Waals surface area (Å²) >= 11 is 1.78. The van der Waals surface area contributed by atoms with Crippen LogP contribution in [0.15, 0.2) is 12.1 Å². The molecular formula is C13H23NOS. The Kier molecular flexibility index (Phi) is 6.69. The molecule has 1 unspecified atom stereocenters. The lowest BCUT2D eigenvalue weighted by molar-refractivity contribution is 0.0582. The minimum Gasteiger partial charge on any atom is -0.371 e. The molecule has 1 atom stereocenters. The minimum atomic E-state index is 0.0975. The number of thiophene rings is 1. The third-order valence-corrected chi connectivity index (χ3v) is 3.70. The summed E-state index contributed by atoms with van der Waals surface area (Å²) in [5.74, 6) is 0. The van der Waals surface area contributed by atoms with Crippen LogP contribution in [0.5, 0.6) is 0 Å². The first-order chi connectivity index (χ1) is 7.77. The van der Waals surface area contributed by atoms with Crippen molar-refractivity contribution >= 4 is 11.3 Å². The van der Waals surface area contributed by atoms with Crippen molar-refractivity contribution in [1.82, 2.24) is 0 Å². The van der Waals surface area contributed by atoms with Crippen LogP contribution in [0.25, 0.3) is 0 Å². The predicted molar refractivity (Wildman–Crippen MR) is 70.9 cm³/mol. The third kappa shape index (κ3) is 4.64. The van der Waals surface area contributed by atoms with Crippen LogP contribution in [-0.4, -0.2) is 13.2 Å². The van der Waals surface area contributed by atoms with Crippen molar-refractivity contribution in [2.75, 3.05) is 13.2 Å². The van der Waals surface area contributed by atoms with Crippen LogP contribution in [0.2, 0.25) is 0 Å². The van der Waals surface area contributed by atoms with Gasteiger partial charge in [-0.3, -0.25) is 0 Å². The smallest absolute Gasteiger partial charge is 0.104 e. The molecule has 3 heteroatoms. The maximum absolute atomic E-state index is 5.82. The quantitative estimate of drug-likeness (QED) is 0.705. The van der Waals surface area contributed by atoms with Gasteiger partial charge in [-0.15, -0.1) is 11.3 Å². The van der Waals surface area contributed by atoms with Gasteiger partial charge in [-0.2, -0.15) is 0 Å². The second kappa shape index (κ2) is 7.82. The summed E-state index contributed by atoms with van der Waals surface area (Å²) in [6, 6.07) is 4.26. The van der Waals surface area contributed by atoms with E-state index in [0.29, 0.717) is 6.54 Å². The van der Waals surface area contributed by atoms with Crippen molar-refractivity contribution in [1.29, 1.82) is 0 Å². The van der Waals surface area contributed by atoms with Gasteiger partial charge < -0.3 is 10.5 Å². The fourth-order valence-electron chi connectivity index (χ4n) is 1.65.